The zero-order chi connectivity index (χ0) is 16.4. The van der Waals surface area contributed by atoms with E-state index in [1.165, 1.54) is 10.4 Å². The first kappa shape index (κ1) is 15.3. The van der Waals surface area contributed by atoms with Gasteiger partial charge in [-0.25, -0.2) is 0 Å². The van der Waals surface area contributed by atoms with E-state index in [-0.39, 0.29) is 12.1 Å². The Labute approximate surface area is 151 Å². The van der Waals surface area contributed by atoms with Crippen molar-refractivity contribution in [2.45, 2.75) is 18.6 Å². The minimum atomic E-state index is 0.0704. The molecule has 120 valence electrons. The number of nitrogens with zero attached hydrogens (tertiary/aromatic N) is 2. The second-order valence-electron chi connectivity index (χ2n) is 5.76. The van der Waals surface area contributed by atoms with Gasteiger partial charge >= 0.3 is 0 Å². The highest BCUT2D eigenvalue weighted by Gasteiger charge is 2.40. The lowest BCUT2D eigenvalue weighted by Gasteiger charge is -2.26. The lowest BCUT2D eigenvalue weighted by Crippen LogP contribution is -2.28. The molecule has 2 atom stereocenters. The topological polar surface area (TPSA) is 28.2 Å². The number of nitrogens with one attached hydrogen (secondary N) is 1. The molecule has 2 unspecified atom stereocenters. The first-order valence-electron chi connectivity index (χ1n) is 7.88. The van der Waals surface area contributed by atoms with Gasteiger partial charge < -0.3 is 10.2 Å². The first-order chi connectivity index (χ1) is 11.8. The van der Waals surface area contributed by atoms with Crippen LogP contribution < -0.4 is 5.32 Å². The summed E-state index contributed by atoms with van der Waals surface area (Å²) in [6.45, 7) is 0.790. The molecule has 3 aromatic rings. The maximum Gasteiger partial charge on any atom is 0.170 e. The van der Waals surface area contributed by atoms with Crippen molar-refractivity contribution < 1.29 is 0 Å². The smallest absolute Gasteiger partial charge is 0.170 e. The van der Waals surface area contributed by atoms with Crippen LogP contribution in [0.15, 0.2) is 72.2 Å². The van der Waals surface area contributed by atoms with Gasteiger partial charge in [-0.2, -0.15) is 0 Å². The highest BCUT2D eigenvalue weighted by molar-refractivity contribution is 7.80. The SMILES string of the molecule is S=C1NC(c2ccccn2)C(c2cccs2)N1Cc1ccccc1. The van der Waals surface area contributed by atoms with Gasteiger partial charge in [-0.1, -0.05) is 42.5 Å². The third-order valence-corrected chi connectivity index (χ3v) is 5.52. The van der Waals surface area contributed by atoms with Gasteiger partial charge in [0, 0.05) is 17.6 Å². The standard InChI is InChI=1S/C19H17N3S2/c23-19-21-17(15-9-4-5-11-20-15)18(16-10-6-12-24-16)22(19)13-14-7-2-1-3-8-14/h1-12,17-18H,13H2,(H,21,23). The lowest BCUT2D eigenvalue weighted by atomic mass is 10.0. The Bertz CT molecular complexity index is 803. The Morgan fingerprint density at radius 3 is 2.58 bits per heavy atom. The van der Waals surface area contributed by atoms with Gasteiger partial charge in [0.2, 0.25) is 0 Å². The minimum absolute atomic E-state index is 0.0704. The van der Waals surface area contributed by atoms with Gasteiger partial charge in [-0.05, 0) is 41.4 Å². The van der Waals surface area contributed by atoms with Gasteiger partial charge in [0.05, 0.1) is 17.8 Å². The van der Waals surface area contributed by atoms with Gasteiger partial charge in [-0.3, -0.25) is 4.98 Å². The maximum atomic E-state index is 5.66. The Morgan fingerprint density at radius 1 is 1.04 bits per heavy atom. The molecule has 5 heteroatoms. The summed E-state index contributed by atoms with van der Waals surface area (Å²) in [6, 6.07) is 21.0. The van der Waals surface area contributed by atoms with Crippen molar-refractivity contribution in [2.24, 2.45) is 0 Å². The Morgan fingerprint density at radius 2 is 1.88 bits per heavy atom. The summed E-state index contributed by atoms with van der Waals surface area (Å²) >= 11 is 7.43. The molecular formula is C19H17N3S2. The summed E-state index contributed by atoms with van der Waals surface area (Å²) in [6.07, 6.45) is 1.84. The summed E-state index contributed by atoms with van der Waals surface area (Å²) in [5, 5.41) is 6.38. The van der Waals surface area contributed by atoms with E-state index in [0.717, 1.165) is 17.4 Å². The Balaban J connectivity index is 1.71. The fraction of sp³-hybridized carbons (Fsp3) is 0.158. The van der Waals surface area contributed by atoms with Crippen molar-refractivity contribution in [3.8, 4) is 0 Å². The molecule has 1 saturated heterocycles. The van der Waals surface area contributed by atoms with Crippen LogP contribution in [0.4, 0.5) is 0 Å². The predicted octanol–water partition coefficient (Wildman–Crippen LogP) is 4.32. The molecule has 0 spiro atoms. The molecule has 4 rings (SSSR count). The number of hydrogen-bond acceptors (Lipinski definition) is 3. The molecule has 1 aliphatic rings. The van der Waals surface area contributed by atoms with E-state index in [1.807, 2.05) is 24.4 Å². The molecule has 1 aromatic carbocycles. The number of thiocarbonyl (C=S) groups is 1. The predicted molar refractivity (Wildman–Crippen MR) is 102 cm³/mol. The van der Waals surface area contributed by atoms with Crippen molar-refractivity contribution in [1.82, 2.24) is 15.2 Å². The second kappa shape index (κ2) is 6.71. The summed E-state index contributed by atoms with van der Waals surface area (Å²) in [4.78, 5) is 8.13. The van der Waals surface area contributed by atoms with Crippen LogP contribution in [0.2, 0.25) is 0 Å². The van der Waals surface area contributed by atoms with E-state index in [0.29, 0.717) is 0 Å². The molecule has 0 saturated carbocycles. The fourth-order valence-corrected chi connectivity index (χ4v) is 4.30. The van der Waals surface area contributed by atoms with E-state index in [9.17, 15) is 0 Å². The minimum Gasteiger partial charge on any atom is -0.352 e. The number of benzene rings is 1. The van der Waals surface area contributed by atoms with E-state index in [2.05, 4.69) is 63.0 Å². The molecule has 0 bridgehead atoms. The quantitative estimate of drug-likeness (QED) is 0.709. The van der Waals surface area contributed by atoms with E-state index in [4.69, 9.17) is 12.2 Å². The van der Waals surface area contributed by atoms with Crippen LogP contribution in [-0.2, 0) is 6.54 Å². The molecule has 0 aliphatic carbocycles. The molecule has 0 radical (unpaired) electrons. The van der Waals surface area contributed by atoms with Crippen LogP contribution in [0.5, 0.6) is 0 Å². The number of pyridine rings is 1. The molecular weight excluding hydrogens is 334 g/mol. The lowest BCUT2D eigenvalue weighted by molar-refractivity contribution is 0.315. The average Bonchev–Trinajstić information content (AvgIpc) is 3.25. The monoisotopic (exact) mass is 351 g/mol. The molecule has 1 N–H and O–H groups in total. The fourth-order valence-electron chi connectivity index (χ4n) is 3.12. The number of aromatic nitrogens is 1. The number of hydrogen-bond donors (Lipinski definition) is 1. The van der Waals surface area contributed by atoms with Gasteiger partial charge in [0.25, 0.3) is 0 Å². The first-order valence-corrected chi connectivity index (χ1v) is 9.17. The highest BCUT2D eigenvalue weighted by atomic mass is 32.1. The second-order valence-corrected chi connectivity index (χ2v) is 7.12. The van der Waals surface area contributed by atoms with Crippen LogP contribution in [0.25, 0.3) is 0 Å². The summed E-state index contributed by atoms with van der Waals surface area (Å²) in [5.41, 5.74) is 2.28. The zero-order valence-electron chi connectivity index (χ0n) is 13.0. The largest absolute Gasteiger partial charge is 0.352 e. The average molecular weight is 352 g/mol. The third-order valence-electron chi connectivity index (χ3n) is 4.23. The number of thiophene rings is 1. The molecule has 2 aromatic heterocycles. The maximum absolute atomic E-state index is 5.66. The van der Waals surface area contributed by atoms with Crippen molar-refractivity contribution in [1.29, 1.82) is 0 Å². The van der Waals surface area contributed by atoms with Crippen LogP contribution >= 0.6 is 23.6 Å². The summed E-state index contributed by atoms with van der Waals surface area (Å²) in [7, 11) is 0. The Kier molecular flexibility index (Phi) is 4.28. The normalized spacial score (nSPS) is 20.2. The van der Waals surface area contributed by atoms with Gasteiger partial charge in [-0.15, -0.1) is 11.3 Å². The molecule has 1 aliphatic heterocycles. The summed E-state index contributed by atoms with van der Waals surface area (Å²) in [5.74, 6) is 0. The van der Waals surface area contributed by atoms with Gasteiger partial charge in [0.15, 0.2) is 5.11 Å². The van der Waals surface area contributed by atoms with Crippen LogP contribution in [0.1, 0.15) is 28.2 Å². The van der Waals surface area contributed by atoms with E-state index < -0.39 is 0 Å². The Hall–Kier alpha value is -2.24. The van der Waals surface area contributed by atoms with E-state index in [1.54, 1.807) is 11.3 Å². The zero-order valence-corrected chi connectivity index (χ0v) is 14.6. The highest BCUT2D eigenvalue weighted by Crippen LogP contribution is 2.41. The number of rotatable bonds is 4. The molecule has 0 amide bonds. The van der Waals surface area contributed by atoms with Crippen molar-refractivity contribution in [3.05, 3.63) is 88.4 Å². The van der Waals surface area contributed by atoms with Crippen molar-refractivity contribution >= 4 is 28.7 Å². The van der Waals surface area contributed by atoms with Crippen LogP contribution in [-0.4, -0.2) is 15.0 Å². The van der Waals surface area contributed by atoms with E-state index >= 15 is 0 Å². The molecule has 3 nitrogen and oxygen atoms in total. The van der Waals surface area contributed by atoms with Crippen LogP contribution in [0.3, 0.4) is 0 Å². The van der Waals surface area contributed by atoms with Crippen molar-refractivity contribution in [3.63, 3.8) is 0 Å². The third kappa shape index (κ3) is 2.92. The van der Waals surface area contributed by atoms with Crippen LogP contribution in [0, 0.1) is 0 Å². The molecule has 1 fully saturated rings. The molecule has 3 heterocycles. The van der Waals surface area contributed by atoms with Crippen molar-refractivity contribution in [2.75, 3.05) is 0 Å². The summed E-state index contributed by atoms with van der Waals surface area (Å²) < 4.78 is 0. The van der Waals surface area contributed by atoms with Gasteiger partial charge in [0.1, 0.15) is 0 Å². The molecule has 24 heavy (non-hydrogen) atoms.